The summed E-state index contributed by atoms with van der Waals surface area (Å²) >= 11 is 12.1. The maximum absolute atomic E-state index is 13.2. The van der Waals surface area contributed by atoms with Gasteiger partial charge in [-0.2, -0.15) is 0 Å². The summed E-state index contributed by atoms with van der Waals surface area (Å²) in [5.74, 6) is 0.947. The zero-order chi connectivity index (χ0) is 42.6. The molecule has 4 rings (SSSR count). The molecule has 0 saturated carbocycles. The van der Waals surface area contributed by atoms with Crippen molar-refractivity contribution in [3.05, 3.63) is 177 Å². The average molecular weight is 820 g/mol. The monoisotopic (exact) mass is 818 g/mol. The molecule has 2 aromatic rings. The van der Waals surface area contributed by atoms with E-state index >= 15 is 0 Å². The van der Waals surface area contributed by atoms with Crippen LogP contribution in [0.25, 0.3) is 0 Å². The summed E-state index contributed by atoms with van der Waals surface area (Å²) in [5, 5.41) is 0.939. The lowest BCUT2D eigenvalue weighted by atomic mass is 9.71. The molecule has 0 aromatic carbocycles. The smallest absolute Gasteiger partial charge is 0.199 e. The molecule has 2 heterocycles. The lowest BCUT2D eigenvalue weighted by Gasteiger charge is -2.36. The molecule has 0 amide bonds. The Labute approximate surface area is 355 Å². The standard InChI is InChI=1S/C50H56Cl2N2O4/c1-33(17-13-19-35(3)21-23-43-37(5)47(55)45(27-49(43,7)8)57-41-25-39(51)29-53-31-41)15-11-12-16-34(2)18-14-20-36(4)22-24-44-38(6)48(56)46(28-50(44,9)10)58-42-26-40(52)30-54-32-42/h11-26,29-32,45-46H,27-28H2,1-10H3/b12-11+,17-13+,18-14+,23-21+,24-22+,33-15+,34-16+,35-19+,36-20+. The van der Waals surface area contributed by atoms with Gasteiger partial charge in [-0.1, -0.05) is 158 Å². The molecule has 0 spiro atoms. The van der Waals surface area contributed by atoms with Crippen molar-refractivity contribution in [2.75, 3.05) is 0 Å². The van der Waals surface area contributed by atoms with Crippen LogP contribution in [0.4, 0.5) is 0 Å². The Kier molecular flexibility index (Phi) is 16.2. The van der Waals surface area contributed by atoms with Gasteiger partial charge in [0.15, 0.2) is 23.8 Å². The Hall–Kier alpha value is -5.04. The summed E-state index contributed by atoms with van der Waals surface area (Å²) < 4.78 is 12.0. The molecule has 0 fully saturated rings. The lowest BCUT2D eigenvalue weighted by Crippen LogP contribution is -2.39. The fourth-order valence-electron chi connectivity index (χ4n) is 7.00. The second kappa shape index (κ2) is 20.6. The van der Waals surface area contributed by atoms with E-state index in [1.807, 2.05) is 52.0 Å². The molecule has 2 aliphatic carbocycles. The van der Waals surface area contributed by atoms with Gasteiger partial charge in [0.25, 0.3) is 0 Å². The van der Waals surface area contributed by atoms with Crippen LogP contribution in [-0.4, -0.2) is 33.7 Å². The van der Waals surface area contributed by atoms with Crippen LogP contribution in [0.3, 0.4) is 0 Å². The normalized spacial score (nSPS) is 21.2. The first-order valence-electron chi connectivity index (χ1n) is 19.5. The van der Waals surface area contributed by atoms with E-state index in [1.165, 1.54) is 12.4 Å². The summed E-state index contributed by atoms with van der Waals surface area (Å²) in [6.07, 6.45) is 34.9. The molecule has 0 bridgehead atoms. The minimum atomic E-state index is -0.582. The summed E-state index contributed by atoms with van der Waals surface area (Å²) in [5.41, 5.74) is 7.32. The van der Waals surface area contributed by atoms with Crippen LogP contribution >= 0.6 is 23.2 Å². The molecule has 2 unspecified atom stereocenters. The van der Waals surface area contributed by atoms with Gasteiger partial charge in [-0.25, -0.2) is 0 Å². The maximum atomic E-state index is 13.2. The summed E-state index contributed by atoms with van der Waals surface area (Å²) in [6.45, 7) is 20.5. The van der Waals surface area contributed by atoms with Crippen molar-refractivity contribution in [1.82, 2.24) is 9.97 Å². The number of carbonyl (C=O) groups is 2. The Balaban J connectivity index is 1.29. The molecule has 8 heteroatoms. The van der Waals surface area contributed by atoms with Crippen LogP contribution in [0.15, 0.2) is 167 Å². The van der Waals surface area contributed by atoms with Gasteiger partial charge in [-0.15, -0.1) is 0 Å². The average Bonchev–Trinajstić information content (AvgIpc) is 3.14. The molecular formula is C50H56Cl2N2O4. The van der Waals surface area contributed by atoms with Gasteiger partial charge >= 0.3 is 0 Å². The van der Waals surface area contributed by atoms with Crippen molar-refractivity contribution in [3.8, 4) is 11.5 Å². The van der Waals surface area contributed by atoms with E-state index in [0.717, 1.165) is 33.4 Å². The molecule has 2 aromatic heterocycles. The number of aromatic nitrogens is 2. The number of hydrogen-bond acceptors (Lipinski definition) is 6. The third kappa shape index (κ3) is 13.3. The van der Waals surface area contributed by atoms with Gasteiger partial charge in [0.1, 0.15) is 11.5 Å². The van der Waals surface area contributed by atoms with Gasteiger partial charge < -0.3 is 9.47 Å². The minimum absolute atomic E-state index is 0.0193. The van der Waals surface area contributed by atoms with Crippen LogP contribution in [0, 0.1) is 10.8 Å². The number of allylic oxidation sites excluding steroid dienone is 20. The Morgan fingerprint density at radius 1 is 0.586 bits per heavy atom. The number of hydrogen-bond donors (Lipinski definition) is 0. The number of Topliss-reactive ketones (excluding diaryl/α,β-unsaturated/α-hetero) is 2. The van der Waals surface area contributed by atoms with Gasteiger partial charge in [0.05, 0.1) is 22.4 Å². The van der Waals surface area contributed by atoms with Crippen LogP contribution in [-0.2, 0) is 9.59 Å². The van der Waals surface area contributed by atoms with Crippen LogP contribution in [0.1, 0.15) is 82.1 Å². The third-order valence-electron chi connectivity index (χ3n) is 10.2. The van der Waals surface area contributed by atoms with E-state index in [2.05, 4.69) is 112 Å². The number of halogens is 2. The number of pyridine rings is 2. The number of rotatable bonds is 14. The predicted octanol–water partition coefficient (Wildman–Crippen LogP) is 13.2. The first-order chi connectivity index (χ1) is 27.4. The van der Waals surface area contributed by atoms with Crippen molar-refractivity contribution in [2.45, 2.75) is 94.3 Å². The van der Waals surface area contributed by atoms with Gasteiger partial charge in [0, 0.05) is 37.4 Å². The van der Waals surface area contributed by atoms with Crippen molar-refractivity contribution in [3.63, 3.8) is 0 Å². The highest BCUT2D eigenvalue weighted by molar-refractivity contribution is 6.30. The molecule has 0 N–H and O–H groups in total. The van der Waals surface area contributed by atoms with Crippen LogP contribution < -0.4 is 9.47 Å². The molecule has 58 heavy (non-hydrogen) atoms. The Morgan fingerprint density at radius 3 is 1.29 bits per heavy atom. The summed E-state index contributed by atoms with van der Waals surface area (Å²) in [6, 6.07) is 3.35. The second-order valence-electron chi connectivity index (χ2n) is 16.3. The van der Waals surface area contributed by atoms with Crippen molar-refractivity contribution in [2.24, 2.45) is 10.8 Å². The zero-order valence-electron chi connectivity index (χ0n) is 35.4. The van der Waals surface area contributed by atoms with E-state index in [4.69, 9.17) is 32.7 Å². The number of carbonyl (C=O) groups excluding carboxylic acids is 2. The fourth-order valence-corrected chi connectivity index (χ4v) is 7.33. The quantitative estimate of drug-likeness (QED) is 0.177. The highest BCUT2D eigenvalue weighted by atomic mass is 35.5. The summed E-state index contributed by atoms with van der Waals surface area (Å²) in [4.78, 5) is 34.6. The number of nitrogens with zero attached hydrogens (tertiary/aromatic N) is 2. The maximum Gasteiger partial charge on any atom is 0.199 e. The van der Waals surface area contributed by atoms with Crippen molar-refractivity contribution in [1.29, 1.82) is 0 Å². The van der Waals surface area contributed by atoms with E-state index < -0.39 is 12.2 Å². The number of ketones is 2. The molecule has 304 valence electrons. The van der Waals surface area contributed by atoms with E-state index in [-0.39, 0.29) is 22.4 Å². The molecular weight excluding hydrogens is 763 g/mol. The van der Waals surface area contributed by atoms with E-state index in [9.17, 15) is 9.59 Å². The largest absolute Gasteiger partial charge is 0.481 e. The zero-order valence-corrected chi connectivity index (χ0v) is 36.9. The molecule has 2 aliphatic rings. The summed E-state index contributed by atoms with van der Waals surface area (Å²) in [7, 11) is 0. The highest BCUT2D eigenvalue weighted by Gasteiger charge is 2.40. The minimum Gasteiger partial charge on any atom is -0.481 e. The Morgan fingerprint density at radius 2 is 0.931 bits per heavy atom. The predicted molar refractivity (Wildman–Crippen MR) is 240 cm³/mol. The SMILES string of the molecule is CC1=C(/C=C/C(C)=C/C=C/C(C)=C/C=C/C=C(C)/C=C/C=C(C)/C=C/C2=C(C)C(=O)C(Oc3cncc(Cl)c3)CC2(C)C)C(C)(C)CC(Oc2cncc(Cl)c2)C1=O. The van der Waals surface area contributed by atoms with Crippen LogP contribution in [0.5, 0.6) is 11.5 Å². The molecule has 2 atom stereocenters. The first-order valence-corrected chi connectivity index (χ1v) is 20.3. The van der Waals surface area contributed by atoms with Gasteiger partial charge in [0.2, 0.25) is 0 Å². The molecule has 0 saturated heterocycles. The molecule has 6 nitrogen and oxygen atoms in total. The fraction of sp³-hybridized carbons (Fsp3) is 0.320. The molecule has 0 radical (unpaired) electrons. The second-order valence-corrected chi connectivity index (χ2v) is 17.2. The lowest BCUT2D eigenvalue weighted by molar-refractivity contribution is -0.124. The van der Waals surface area contributed by atoms with Crippen LogP contribution in [0.2, 0.25) is 10.0 Å². The van der Waals surface area contributed by atoms with Gasteiger partial charge in [-0.05, 0) is 74.7 Å². The van der Waals surface area contributed by atoms with Gasteiger partial charge in [-0.3, -0.25) is 19.6 Å². The highest BCUT2D eigenvalue weighted by Crippen LogP contribution is 2.42. The Bertz CT molecular complexity index is 2060. The number of ether oxygens (including phenoxy) is 2. The first kappa shape index (κ1) is 45.7. The molecule has 0 aliphatic heterocycles. The van der Waals surface area contributed by atoms with E-state index in [0.29, 0.717) is 45.5 Å². The van der Waals surface area contributed by atoms with E-state index in [1.54, 1.807) is 24.5 Å². The van der Waals surface area contributed by atoms with Crippen molar-refractivity contribution < 1.29 is 19.1 Å². The third-order valence-corrected chi connectivity index (χ3v) is 10.6. The topological polar surface area (TPSA) is 78.4 Å². The van der Waals surface area contributed by atoms with Crippen molar-refractivity contribution >= 4 is 34.8 Å².